The SMILES string of the molecule is CNc1ccc(C2CC2)s1. The van der Waals surface area contributed by atoms with Gasteiger partial charge in [0.25, 0.3) is 0 Å². The lowest BCUT2D eigenvalue weighted by atomic mass is 10.3. The van der Waals surface area contributed by atoms with E-state index in [1.54, 1.807) is 4.88 Å². The topological polar surface area (TPSA) is 12.0 Å². The van der Waals surface area contributed by atoms with Gasteiger partial charge in [-0.05, 0) is 30.9 Å². The van der Waals surface area contributed by atoms with Gasteiger partial charge in [0.1, 0.15) is 0 Å². The molecule has 10 heavy (non-hydrogen) atoms. The van der Waals surface area contributed by atoms with Crippen molar-refractivity contribution in [3.63, 3.8) is 0 Å². The fourth-order valence-corrected chi connectivity index (χ4v) is 2.10. The van der Waals surface area contributed by atoms with Crippen LogP contribution in [0.4, 0.5) is 5.00 Å². The molecule has 0 atom stereocenters. The number of hydrogen-bond donors (Lipinski definition) is 1. The van der Waals surface area contributed by atoms with E-state index in [1.807, 2.05) is 18.4 Å². The maximum Gasteiger partial charge on any atom is 0.0882 e. The minimum atomic E-state index is 0.909. The van der Waals surface area contributed by atoms with Gasteiger partial charge in [0.15, 0.2) is 0 Å². The molecule has 1 aromatic heterocycles. The van der Waals surface area contributed by atoms with Gasteiger partial charge >= 0.3 is 0 Å². The van der Waals surface area contributed by atoms with Crippen LogP contribution in [0.5, 0.6) is 0 Å². The predicted octanol–water partition coefficient (Wildman–Crippen LogP) is 2.67. The first-order valence-corrected chi connectivity index (χ1v) is 4.49. The fourth-order valence-electron chi connectivity index (χ4n) is 1.07. The van der Waals surface area contributed by atoms with E-state index in [1.165, 1.54) is 17.8 Å². The second-order valence-electron chi connectivity index (χ2n) is 2.73. The maximum atomic E-state index is 3.15. The van der Waals surface area contributed by atoms with Gasteiger partial charge in [-0.15, -0.1) is 11.3 Å². The van der Waals surface area contributed by atoms with Crippen molar-refractivity contribution in [1.29, 1.82) is 0 Å². The molecule has 0 bridgehead atoms. The Kier molecular flexibility index (Phi) is 1.42. The summed E-state index contributed by atoms with van der Waals surface area (Å²) < 4.78 is 0. The van der Waals surface area contributed by atoms with Gasteiger partial charge in [0, 0.05) is 11.9 Å². The second-order valence-corrected chi connectivity index (χ2v) is 3.84. The maximum absolute atomic E-state index is 3.15. The molecule has 1 heterocycles. The second kappa shape index (κ2) is 2.27. The molecule has 0 radical (unpaired) electrons. The summed E-state index contributed by atoms with van der Waals surface area (Å²) in [5.74, 6) is 0.909. The molecular weight excluding hydrogens is 142 g/mol. The van der Waals surface area contributed by atoms with E-state index in [9.17, 15) is 0 Å². The monoisotopic (exact) mass is 153 g/mol. The first-order valence-electron chi connectivity index (χ1n) is 3.67. The van der Waals surface area contributed by atoms with E-state index in [-0.39, 0.29) is 0 Å². The third-order valence-electron chi connectivity index (χ3n) is 1.85. The smallest absolute Gasteiger partial charge is 0.0882 e. The number of anilines is 1. The summed E-state index contributed by atoms with van der Waals surface area (Å²) in [6, 6.07) is 4.41. The molecule has 54 valence electrons. The molecule has 0 saturated heterocycles. The van der Waals surface area contributed by atoms with Crippen molar-refractivity contribution < 1.29 is 0 Å². The molecule has 1 nitrogen and oxygen atoms in total. The zero-order valence-corrected chi connectivity index (χ0v) is 6.87. The number of hydrogen-bond acceptors (Lipinski definition) is 2. The molecule has 1 N–H and O–H groups in total. The lowest BCUT2D eigenvalue weighted by Gasteiger charge is -1.89. The van der Waals surface area contributed by atoms with Gasteiger partial charge in [-0.1, -0.05) is 0 Å². The first-order chi connectivity index (χ1) is 4.90. The summed E-state index contributed by atoms with van der Waals surface area (Å²) in [5.41, 5.74) is 0. The Balaban J connectivity index is 2.19. The lowest BCUT2D eigenvalue weighted by molar-refractivity contribution is 1.18. The highest BCUT2D eigenvalue weighted by atomic mass is 32.1. The van der Waals surface area contributed by atoms with Crippen molar-refractivity contribution in [3.05, 3.63) is 17.0 Å². The Hall–Kier alpha value is -0.500. The van der Waals surface area contributed by atoms with Crippen LogP contribution in [0.25, 0.3) is 0 Å². The van der Waals surface area contributed by atoms with Crippen LogP contribution in [0.2, 0.25) is 0 Å². The molecule has 2 heteroatoms. The normalized spacial score (nSPS) is 17.3. The number of nitrogens with one attached hydrogen (secondary N) is 1. The molecule has 1 aliphatic carbocycles. The predicted molar refractivity (Wildman–Crippen MR) is 45.8 cm³/mol. The third-order valence-corrected chi connectivity index (χ3v) is 3.12. The van der Waals surface area contributed by atoms with E-state index < -0.39 is 0 Å². The van der Waals surface area contributed by atoms with Crippen LogP contribution >= 0.6 is 11.3 Å². The van der Waals surface area contributed by atoms with Crippen LogP contribution in [0, 0.1) is 0 Å². The van der Waals surface area contributed by atoms with E-state index in [2.05, 4.69) is 17.4 Å². The highest BCUT2D eigenvalue weighted by Gasteiger charge is 2.24. The Bertz CT molecular complexity index is 225. The number of thiophene rings is 1. The van der Waals surface area contributed by atoms with Gasteiger partial charge in [-0.25, -0.2) is 0 Å². The molecular formula is C8H11NS. The van der Waals surface area contributed by atoms with Crippen molar-refractivity contribution in [2.45, 2.75) is 18.8 Å². The summed E-state index contributed by atoms with van der Waals surface area (Å²) >= 11 is 1.89. The number of rotatable bonds is 2. The van der Waals surface area contributed by atoms with Gasteiger partial charge in [-0.2, -0.15) is 0 Å². The van der Waals surface area contributed by atoms with Gasteiger partial charge < -0.3 is 5.32 Å². The van der Waals surface area contributed by atoms with E-state index in [0.29, 0.717) is 0 Å². The molecule has 0 unspecified atom stereocenters. The molecule has 2 rings (SSSR count). The Morgan fingerprint density at radius 1 is 1.50 bits per heavy atom. The van der Waals surface area contributed by atoms with Gasteiger partial charge in [0.05, 0.1) is 5.00 Å². The van der Waals surface area contributed by atoms with Gasteiger partial charge in [-0.3, -0.25) is 0 Å². The molecule has 0 aliphatic heterocycles. The summed E-state index contributed by atoms with van der Waals surface area (Å²) in [6.07, 6.45) is 2.81. The van der Waals surface area contributed by atoms with Crippen molar-refractivity contribution in [2.24, 2.45) is 0 Å². The minimum Gasteiger partial charge on any atom is -0.380 e. The zero-order valence-electron chi connectivity index (χ0n) is 6.05. The highest BCUT2D eigenvalue weighted by Crippen LogP contribution is 2.44. The lowest BCUT2D eigenvalue weighted by Crippen LogP contribution is -1.79. The van der Waals surface area contributed by atoms with Crippen LogP contribution in [0.3, 0.4) is 0 Å². The van der Waals surface area contributed by atoms with E-state index in [0.717, 1.165) is 5.92 Å². The minimum absolute atomic E-state index is 0.909. The highest BCUT2D eigenvalue weighted by molar-refractivity contribution is 7.16. The zero-order chi connectivity index (χ0) is 6.97. The largest absolute Gasteiger partial charge is 0.380 e. The molecule has 0 amide bonds. The van der Waals surface area contributed by atoms with Crippen LogP contribution in [-0.4, -0.2) is 7.05 Å². The van der Waals surface area contributed by atoms with Gasteiger partial charge in [0.2, 0.25) is 0 Å². The fraction of sp³-hybridized carbons (Fsp3) is 0.500. The van der Waals surface area contributed by atoms with Crippen molar-refractivity contribution in [2.75, 3.05) is 12.4 Å². The van der Waals surface area contributed by atoms with E-state index in [4.69, 9.17) is 0 Å². The molecule has 1 saturated carbocycles. The van der Waals surface area contributed by atoms with E-state index >= 15 is 0 Å². The summed E-state index contributed by atoms with van der Waals surface area (Å²) in [7, 11) is 1.97. The summed E-state index contributed by atoms with van der Waals surface area (Å²) in [4.78, 5) is 1.56. The Morgan fingerprint density at radius 2 is 2.30 bits per heavy atom. The Morgan fingerprint density at radius 3 is 2.80 bits per heavy atom. The van der Waals surface area contributed by atoms with Crippen molar-refractivity contribution >= 4 is 16.3 Å². The summed E-state index contributed by atoms with van der Waals surface area (Å²) in [6.45, 7) is 0. The summed E-state index contributed by atoms with van der Waals surface area (Å²) in [5, 5.41) is 4.44. The third kappa shape index (κ3) is 1.03. The van der Waals surface area contributed by atoms with Crippen LogP contribution < -0.4 is 5.32 Å². The molecule has 1 aromatic rings. The van der Waals surface area contributed by atoms with Crippen molar-refractivity contribution in [3.8, 4) is 0 Å². The quantitative estimate of drug-likeness (QED) is 0.688. The standard InChI is InChI=1S/C8H11NS/c1-9-8-5-4-7(10-8)6-2-3-6/h4-6,9H,2-3H2,1H3. The molecule has 1 aliphatic rings. The van der Waals surface area contributed by atoms with Crippen LogP contribution in [-0.2, 0) is 0 Å². The van der Waals surface area contributed by atoms with Crippen LogP contribution in [0.1, 0.15) is 23.6 Å². The first kappa shape index (κ1) is 6.23. The molecule has 1 fully saturated rings. The average molecular weight is 153 g/mol. The average Bonchev–Trinajstić information content (AvgIpc) is 2.70. The van der Waals surface area contributed by atoms with Crippen molar-refractivity contribution in [1.82, 2.24) is 0 Å². The molecule has 0 spiro atoms. The Labute approximate surface area is 65.1 Å². The molecule has 0 aromatic carbocycles. The van der Waals surface area contributed by atoms with Crippen LogP contribution in [0.15, 0.2) is 12.1 Å².